The first-order valence-corrected chi connectivity index (χ1v) is 5.98. The molecule has 7 heteroatoms. The van der Waals surface area contributed by atoms with Crippen LogP contribution >= 0.6 is 11.8 Å². The van der Waals surface area contributed by atoms with E-state index in [1.165, 1.54) is 13.0 Å². The highest BCUT2D eigenvalue weighted by Crippen LogP contribution is 2.21. The number of carboxylic acids is 1. The van der Waals surface area contributed by atoms with Gasteiger partial charge in [-0.1, -0.05) is 0 Å². The molecule has 1 rings (SSSR count). The second-order valence-corrected chi connectivity index (χ2v) is 4.51. The fourth-order valence-corrected chi connectivity index (χ4v) is 1.81. The molecule has 0 saturated carbocycles. The largest absolute Gasteiger partial charge is 0.480 e. The predicted molar refractivity (Wildman–Crippen MR) is 62.3 cm³/mol. The summed E-state index contributed by atoms with van der Waals surface area (Å²) in [6.45, 7) is 1.32. The molecule has 0 aliphatic heterocycles. The van der Waals surface area contributed by atoms with Crippen molar-refractivity contribution in [3.8, 4) is 0 Å². The molecule has 98 valence electrons. The van der Waals surface area contributed by atoms with Gasteiger partial charge in [0.1, 0.15) is 17.7 Å². The lowest BCUT2D eigenvalue weighted by Gasteiger charge is -2.09. The maximum absolute atomic E-state index is 13.2. The van der Waals surface area contributed by atoms with Gasteiger partial charge in [-0.15, -0.1) is 11.8 Å². The molecule has 2 N–H and O–H groups in total. The molecule has 0 spiro atoms. The first kappa shape index (κ1) is 14.4. The molecule has 4 nitrogen and oxygen atoms in total. The summed E-state index contributed by atoms with van der Waals surface area (Å²) in [6, 6.07) is 2.03. The lowest BCUT2D eigenvalue weighted by atomic mass is 10.3. The van der Waals surface area contributed by atoms with Crippen molar-refractivity contribution in [2.45, 2.75) is 17.9 Å². The third-order valence-electron chi connectivity index (χ3n) is 2.00. The van der Waals surface area contributed by atoms with E-state index in [0.29, 0.717) is 0 Å². The van der Waals surface area contributed by atoms with Gasteiger partial charge in [-0.25, -0.2) is 8.78 Å². The van der Waals surface area contributed by atoms with Gasteiger partial charge < -0.3 is 10.4 Å². The minimum absolute atomic E-state index is 0.134. The summed E-state index contributed by atoms with van der Waals surface area (Å²) in [5.74, 6) is -3.26. The number of hydrogen-bond acceptors (Lipinski definition) is 3. The number of nitrogens with one attached hydrogen (secondary N) is 1. The van der Waals surface area contributed by atoms with E-state index in [2.05, 4.69) is 5.32 Å². The van der Waals surface area contributed by atoms with Crippen LogP contribution in [0.4, 0.5) is 8.78 Å². The van der Waals surface area contributed by atoms with E-state index in [4.69, 9.17) is 5.11 Å². The number of amides is 1. The summed E-state index contributed by atoms with van der Waals surface area (Å²) >= 11 is 0.871. The van der Waals surface area contributed by atoms with Crippen molar-refractivity contribution in [3.05, 3.63) is 29.8 Å². The monoisotopic (exact) mass is 275 g/mol. The Morgan fingerprint density at radius 2 is 2.11 bits per heavy atom. The van der Waals surface area contributed by atoms with Crippen molar-refractivity contribution < 1.29 is 23.5 Å². The van der Waals surface area contributed by atoms with Gasteiger partial charge in [0.2, 0.25) is 5.91 Å². The Balaban J connectivity index is 2.50. The Labute approximate surface area is 106 Å². The van der Waals surface area contributed by atoms with Crippen LogP contribution in [0.15, 0.2) is 23.1 Å². The summed E-state index contributed by atoms with van der Waals surface area (Å²) in [6.07, 6.45) is 0. The normalized spacial score (nSPS) is 11.9. The number of hydrogen-bond donors (Lipinski definition) is 2. The van der Waals surface area contributed by atoms with Crippen LogP contribution in [-0.2, 0) is 9.59 Å². The molecule has 18 heavy (non-hydrogen) atoms. The number of carbonyl (C=O) groups excluding carboxylic acids is 1. The van der Waals surface area contributed by atoms with Crippen LogP contribution in [0.5, 0.6) is 0 Å². The molecule has 0 fully saturated rings. The topological polar surface area (TPSA) is 66.4 Å². The summed E-state index contributed by atoms with van der Waals surface area (Å²) in [7, 11) is 0. The smallest absolute Gasteiger partial charge is 0.325 e. The third-order valence-corrected chi connectivity index (χ3v) is 3.05. The number of thioether (sulfide) groups is 1. The summed E-state index contributed by atoms with van der Waals surface area (Å²) in [4.78, 5) is 21.9. The van der Waals surface area contributed by atoms with E-state index in [1.54, 1.807) is 0 Å². The number of aliphatic carboxylic acids is 1. The molecule has 1 unspecified atom stereocenters. The Kier molecular flexibility index (Phi) is 5.08. The molecule has 0 aliphatic carbocycles. The second-order valence-electron chi connectivity index (χ2n) is 3.49. The van der Waals surface area contributed by atoms with Gasteiger partial charge in [-0.05, 0) is 19.1 Å². The average molecular weight is 275 g/mol. The molecule has 1 aromatic carbocycles. The molecule has 0 radical (unpaired) electrons. The van der Waals surface area contributed by atoms with Crippen molar-refractivity contribution in [2.75, 3.05) is 5.75 Å². The zero-order chi connectivity index (χ0) is 13.7. The molecule has 0 heterocycles. The third kappa shape index (κ3) is 4.33. The fraction of sp³-hybridized carbons (Fsp3) is 0.273. The van der Waals surface area contributed by atoms with Crippen molar-refractivity contribution in [2.24, 2.45) is 0 Å². The molecule has 1 aromatic rings. The summed E-state index contributed by atoms with van der Waals surface area (Å²) in [5, 5.41) is 10.8. The van der Waals surface area contributed by atoms with Crippen molar-refractivity contribution in [3.63, 3.8) is 0 Å². The molecular weight excluding hydrogens is 264 g/mol. The van der Waals surface area contributed by atoms with Crippen LogP contribution in [0, 0.1) is 11.6 Å². The van der Waals surface area contributed by atoms with Crippen LogP contribution in [0.2, 0.25) is 0 Å². The van der Waals surface area contributed by atoms with Crippen LogP contribution in [0.3, 0.4) is 0 Å². The summed E-state index contributed by atoms with van der Waals surface area (Å²) in [5.41, 5.74) is 0. The molecule has 0 bridgehead atoms. The molecular formula is C11H11F2NO3S. The average Bonchev–Trinajstić information content (AvgIpc) is 2.27. The van der Waals surface area contributed by atoms with Crippen molar-refractivity contribution >= 4 is 23.6 Å². The number of carboxylic acid groups (broad SMARTS) is 1. The van der Waals surface area contributed by atoms with E-state index in [0.717, 1.165) is 23.9 Å². The highest BCUT2D eigenvalue weighted by atomic mass is 32.2. The van der Waals surface area contributed by atoms with E-state index in [9.17, 15) is 18.4 Å². The SMILES string of the molecule is CC(NC(=O)CSc1ccc(F)cc1F)C(=O)O. The highest BCUT2D eigenvalue weighted by Gasteiger charge is 2.14. The Morgan fingerprint density at radius 1 is 1.44 bits per heavy atom. The zero-order valence-electron chi connectivity index (χ0n) is 9.44. The summed E-state index contributed by atoms with van der Waals surface area (Å²) < 4.78 is 25.8. The van der Waals surface area contributed by atoms with E-state index in [-0.39, 0.29) is 10.6 Å². The minimum atomic E-state index is -1.15. The number of carbonyl (C=O) groups is 2. The maximum Gasteiger partial charge on any atom is 0.325 e. The molecule has 0 aromatic heterocycles. The number of rotatable bonds is 5. The lowest BCUT2D eigenvalue weighted by Crippen LogP contribution is -2.39. The van der Waals surface area contributed by atoms with E-state index < -0.39 is 29.6 Å². The highest BCUT2D eigenvalue weighted by molar-refractivity contribution is 8.00. The second kappa shape index (κ2) is 6.34. The van der Waals surface area contributed by atoms with Gasteiger partial charge in [0.05, 0.1) is 5.75 Å². The van der Waals surface area contributed by atoms with Gasteiger partial charge in [-0.2, -0.15) is 0 Å². The van der Waals surface area contributed by atoms with Gasteiger partial charge in [0, 0.05) is 11.0 Å². The molecule has 0 saturated heterocycles. The number of halogens is 2. The lowest BCUT2D eigenvalue weighted by molar-refractivity contribution is -0.140. The van der Waals surface area contributed by atoms with Crippen LogP contribution in [-0.4, -0.2) is 28.8 Å². The number of benzene rings is 1. The van der Waals surface area contributed by atoms with E-state index in [1.807, 2.05) is 0 Å². The Morgan fingerprint density at radius 3 is 2.67 bits per heavy atom. The van der Waals surface area contributed by atoms with E-state index >= 15 is 0 Å². The minimum Gasteiger partial charge on any atom is -0.480 e. The van der Waals surface area contributed by atoms with Crippen molar-refractivity contribution in [1.29, 1.82) is 0 Å². The molecule has 0 aliphatic rings. The molecule has 1 amide bonds. The Hall–Kier alpha value is -1.63. The zero-order valence-corrected chi connectivity index (χ0v) is 10.3. The standard InChI is InChI=1S/C11H11F2NO3S/c1-6(11(16)17)14-10(15)5-18-9-3-2-7(12)4-8(9)13/h2-4,6H,5H2,1H3,(H,14,15)(H,16,17). The fourth-order valence-electron chi connectivity index (χ4n) is 1.08. The quantitative estimate of drug-likeness (QED) is 0.802. The van der Waals surface area contributed by atoms with Crippen LogP contribution in [0.1, 0.15) is 6.92 Å². The van der Waals surface area contributed by atoms with Gasteiger partial charge in [0.15, 0.2) is 0 Å². The first-order valence-electron chi connectivity index (χ1n) is 5.00. The van der Waals surface area contributed by atoms with Crippen molar-refractivity contribution in [1.82, 2.24) is 5.32 Å². The van der Waals surface area contributed by atoms with Crippen LogP contribution in [0.25, 0.3) is 0 Å². The Bertz CT molecular complexity index is 468. The van der Waals surface area contributed by atoms with Gasteiger partial charge in [-0.3, -0.25) is 9.59 Å². The van der Waals surface area contributed by atoms with Crippen LogP contribution < -0.4 is 5.32 Å². The predicted octanol–water partition coefficient (Wildman–Crippen LogP) is 1.65. The van der Waals surface area contributed by atoms with Gasteiger partial charge >= 0.3 is 5.97 Å². The van der Waals surface area contributed by atoms with Gasteiger partial charge in [0.25, 0.3) is 0 Å². The maximum atomic E-state index is 13.2. The first-order chi connectivity index (χ1) is 8.40. The molecule has 1 atom stereocenters.